The van der Waals surface area contributed by atoms with E-state index in [-0.39, 0.29) is 12.7 Å². The number of hydrogen-bond acceptors (Lipinski definition) is 2. The number of rotatable bonds is 1. The third-order valence-electron chi connectivity index (χ3n) is 2.30. The Morgan fingerprint density at radius 3 is 2.50 bits per heavy atom. The van der Waals surface area contributed by atoms with Gasteiger partial charge in [-0.2, -0.15) is 0 Å². The normalized spacial score (nSPS) is 29.5. The van der Waals surface area contributed by atoms with Gasteiger partial charge in [0, 0.05) is 5.60 Å². The van der Waals surface area contributed by atoms with Crippen molar-refractivity contribution in [3.8, 4) is 0 Å². The van der Waals surface area contributed by atoms with Crippen LogP contribution in [0.15, 0.2) is 0 Å². The molecule has 1 saturated heterocycles. The van der Waals surface area contributed by atoms with Gasteiger partial charge in [-0.05, 0) is 32.1 Å². The van der Waals surface area contributed by atoms with Gasteiger partial charge in [-0.3, -0.25) is 0 Å². The van der Waals surface area contributed by atoms with E-state index < -0.39 is 0 Å². The third-order valence-corrected chi connectivity index (χ3v) is 2.30. The van der Waals surface area contributed by atoms with Crippen molar-refractivity contribution in [3.63, 3.8) is 0 Å². The average Bonchev–Trinajstić information content (AvgIpc) is 1.82. The van der Waals surface area contributed by atoms with Crippen LogP contribution in [-0.2, 0) is 4.65 Å². The molecule has 0 radical (unpaired) electrons. The predicted octanol–water partition coefficient (Wildman–Crippen LogP) is 2.06. The van der Waals surface area contributed by atoms with Crippen LogP contribution in [-0.4, -0.2) is 18.7 Å². The van der Waals surface area contributed by atoms with Crippen molar-refractivity contribution < 1.29 is 4.65 Å². The van der Waals surface area contributed by atoms with Crippen molar-refractivity contribution in [1.29, 1.82) is 0 Å². The van der Waals surface area contributed by atoms with Crippen molar-refractivity contribution in [3.05, 3.63) is 0 Å². The molecular formula is C9H20BNO. The smallest absolute Gasteiger partial charge is 0.382 e. The van der Waals surface area contributed by atoms with Gasteiger partial charge in [0.25, 0.3) is 0 Å². The van der Waals surface area contributed by atoms with Gasteiger partial charge in [0.2, 0.25) is 0 Å². The Balaban J connectivity index is 2.58. The molecule has 0 aromatic rings. The molecule has 1 fully saturated rings. The Hall–Kier alpha value is -0.0151. The number of hydrogen-bond donors (Lipinski definition) is 1. The Morgan fingerprint density at radius 1 is 1.50 bits per heavy atom. The molecule has 0 bridgehead atoms. The van der Waals surface area contributed by atoms with E-state index in [1.54, 1.807) is 0 Å². The van der Waals surface area contributed by atoms with E-state index in [9.17, 15) is 0 Å². The Kier molecular flexibility index (Phi) is 2.84. The van der Waals surface area contributed by atoms with Gasteiger partial charge in [-0.25, -0.2) is 0 Å². The fraction of sp³-hybridized carbons (Fsp3) is 1.00. The Bertz CT molecular complexity index is 159. The molecule has 0 aliphatic carbocycles. The highest BCUT2D eigenvalue weighted by atomic mass is 16.5. The van der Waals surface area contributed by atoms with Gasteiger partial charge >= 0.3 is 7.05 Å². The first kappa shape index (κ1) is 10.1. The lowest BCUT2D eigenvalue weighted by Crippen LogP contribution is -2.56. The van der Waals surface area contributed by atoms with E-state index in [4.69, 9.17) is 4.65 Å². The molecule has 70 valence electrons. The van der Waals surface area contributed by atoms with Crippen LogP contribution in [0.5, 0.6) is 0 Å². The molecule has 1 aliphatic rings. The van der Waals surface area contributed by atoms with E-state index in [1.807, 2.05) is 0 Å². The zero-order valence-corrected chi connectivity index (χ0v) is 8.85. The maximum atomic E-state index is 5.89. The molecule has 0 spiro atoms. The summed E-state index contributed by atoms with van der Waals surface area (Å²) >= 11 is 0. The molecule has 2 nitrogen and oxygen atoms in total. The fourth-order valence-electron chi connectivity index (χ4n) is 1.83. The third kappa shape index (κ3) is 2.49. The molecular weight excluding hydrogens is 149 g/mol. The molecule has 1 aliphatic heterocycles. The minimum Gasteiger partial charge on any atom is -0.416 e. The monoisotopic (exact) mass is 169 g/mol. The van der Waals surface area contributed by atoms with Crippen molar-refractivity contribution in [2.45, 2.75) is 58.5 Å². The Morgan fingerprint density at radius 2 is 2.08 bits per heavy atom. The average molecular weight is 169 g/mol. The SMILES string of the molecule is CC1CC(C)(C)OB(C(C)C)N1. The summed E-state index contributed by atoms with van der Waals surface area (Å²) in [7, 11) is 0.226. The minimum absolute atomic E-state index is 0.0413. The van der Waals surface area contributed by atoms with Crippen LogP contribution >= 0.6 is 0 Å². The van der Waals surface area contributed by atoms with Crippen molar-refractivity contribution in [1.82, 2.24) is 5.23 Å². The molecule has 0 aromatic heterocycles. The van der Waals surface area contributed by atoms with Crippen molar-refractivity contribution in [2.75, 3.05) is 0 Å². The van der Waals surface area contributed by atoms with Gasteiger partial charge in [-0.1, -0.05) is 20.8 Å². The topological polar surface area (TPSA) is 21.3 Å². The molecule has 3 heteroatoms. The summed E-state index contributed by atoms with van der Waals surface area (Å²) in [6.07, 6.45) is 1.09. The molecule has 1 heterocycles. The van der Waals surface area contributed by atoms with Crippen LogP contribution < -0.4 is 5.23 Å². The van der Waals surface area contributed by atoms with Crippen LogP contribution in [0.4, 0.5) is 0 Å². The van der Waals surface area contributed by atoms with E-state index in [1.165, 1.54) is 0 Å². The lowest BCUT2D eigenvalue weighted by molar-refractivity contribution is 0.0597. The Labute approximate surface area is 76.2 Å². The second kappa shape index (κ2) is 3.39. The quantitative estimate of drug-likeness (QED) is 0.606. The first-order valence-corrected chi connectivity index (χ1v) is 4.84. The van der Waals surface area contributed by atoms with Gasteiger partial charge < -0.3 is 9.88 Å². The predicted molar refractivity (Wildman–Crippen MR) is 53.2 cm³/mol. The summed E-state index contributed by atoms with van der Waals surface area (Å²) in [5, 5.41) is 3.45. The summed E-state index contributed by atoms with van der Waals surface area (Å²) in [5.74, 6) is 0.548. The molecule has 1 N–H and O–H groups in total. The maximum Gasteiger partial charge on any atom is 0.382 e. The van der Waals surface area contributed by atoms with Crippen molar-refractivity contribution in [2.24, 2.45) is 0 Å². The largest absolute Gasteiger partial charge is 0.416 e. The summed E-state index contributed by atoms with van der Waals surface area (Å²) in [4.78, 5) is 0. The summed E-state index contributed by atoms with van der Waals surface area (Å²) in [6.45, 7) is 10.9. The minimum atomic E-state index is 0.0413. The van der Waals surface area contributed by atoms with Crippen molar-refractivity contribution >= 4 is 7.05 Å². The highest BCUT2D eigenvalue weighted by Gasteiger charge is 2.36. The lowest BCUT2D eigenvalue weighted by atomic mass is 9.65. The fourth-order valence-corrected chi connectivity index (χ4v) is 1.83. The second-order valence-electron chi connectivity index (χ2n) is 4.81. The summed E-state index contributed by atoms with van der Waals surface area (Å²) in [6, 6.07) is 0.571. The maximum absolute atomic E-state index is 5.89. The molecule has 12 heavy (non-hydrogen) atoms. The van der Waals surface area contributed by atoms with Crippen LogP contribution in [0.2, 0.25) is 5.82 Å². The van der Waals surface area contributed by atoms with Crippen LogP contribution in [0, 0.1) is 0 Å². The van der Waals surface area contributed by atoms with Crippen LogP contribution in [0.1, 0.15) is 41.0 Å². The molecule has 1 rings (SSSR count). The molecule has 0 amide bonds. The van der Waals surface area contributed by atoms with Gasteiger partial charge in [0.15, 0.2) is 0 Å². The molecule has 0 saturated carbocycles. The zero-order chi connectivity index (χ0) is 9.35. The summed E-state index contributed by atoms with van der Waals surface area (Å²) in [5.41, 5.74) is 0.0413. The first-order chi connectivity index (χ1) is 5.41. The van der Waals surface area contributed by atoms with E-state index in [0.29, 0.717) is 11.9 Å². The number of nitrogens with one attached hydrogen (secondary N) is 1. The molecule has 0 aromatic carbocycles. The highest BCUT2D eigenvalue weighted by molar-refractivity contribution is 6.51. The van der Waals surface area contributed by atoms with Gasteiger partial charge in [0.05, 0.1) is 0 Å². The molecule has 1 unspecified atom stereocenters. The van der Waals surface area contributed by atoms with Crippen LogP contribution in [0.3, 0.4) is 0 Å². The highest BCUT2D eigenvalue weighted by Crippen LogP contribution is 2.25. The van der Waals surface area contributed by atoms with E-state index in [0.717, 1.165) is 6.42 Å². The zero-order valence-electron chi connectivity index (χ0n) is 8.85. The second-order valence-corrected chi connectivity index (χ2v) is 4.81. The van der Waals surface area contributed by atoms with Crippen LogP contribution in [0.25, 0.3) is 0 Å². The standard InChI is InChI=1S/C9H20BNO/c1-7(2)10-11-8(3)6-9(4,5)12-10/h7-8,11H,6H2,1-5H3. The molecule has 1 atom stereocenters. The summed E-state index contributed by atoms with van der Waals surface area (Å²) < 4.78 is 5.89. The van der Waals surface area contributed by atoms with Gasteiger partial charge in [0.1, 0.15) is 0 Å². The van der Waals surface area contributed by atoms with E-state index >= 15 is 0 Å². The lowest BCUT2D eigenvalue weighted by Gasteiger charge is -2.40. The van der Waals surface area contributed by atoms with Gasteiger partial charge in [-0.15, -0.1) is 0 Å². The first-order valence-electron chi connectivity index (χ1n) is 4.84. The van der Waals surface area contributed by atoms with E-state index in [2.05, 4.69) is 39.8 Å².